The second-order valence-electron chi connectivity index (χ2n) is 6.90. The van der Waals surface area contributed by atoms with Gasteiger partial charge in [-0.2, -0.15) is 5.10 Å². The summed E-state index contributed by atoms with van der Waals surface area (Å²) in [5.74, 6) is 0.878. The molecule has 1 aliphatic carbocycles. The third-order valence-electron chi connectivity index (χ3n) is 4.96. The minimum absolute atomic E-state index is 0.135. The number of amides is 1. The van der Waals surface area contributed by atoms with Gasteiger partial charge in [0.05, 0.1) is 18.8 Å². The van der Waals surface area contributed by atoms with E-state index in [0.29, 0.717) is 19.1 Å². The summed E-state index contributed by atoms with van der Waals surface area (Å²) in [4.78, 5) is 12.0. The lowest BCUT2D eigenvalue weighted by atomic mass is 10.1. The molecule has 1 aliphatic heterocycles. The Bertz CT molecular complexity index is 725. The first-order valence-corrected chi connectivity index (χ1v) is 8.70. The molecule has 3 atom stereocenters. The second kappa shape index (κ2) is 6.40. The first kappa shape index (κ1) is 15.4. The number of benzene rings is 1. The molecule has 0 radical (unpaired) electrons. The summed E-state index contributed by atoms with van der Waals surface area (Å²) >= 11 is 0. The van der Waals surface area contributed by atoms with E-state index in [0.717, 1.165) is 25.1 Å². The number of nitrogens with one attached hydrogen (secondary N) is 1. The van der Waals surface area contributed by atoms with Crippen LogP contribution in [0.15, 0.2) is 36.5 Å². The average Bonchev–Trinajstić information content (AvgIpc) is 3.18. The molecule has 1 amide bonds. The van der Waals surface area contributed by atoms with E-state index < -0.39 is 0 Å². The van der Waals surface area contributed by atoms with Gasteiger partial charge in [0.25, 0.3) is 0 Å². The van der Waals surface area contributed by atoms with Gasteiger partial charge in [0.1, 0.15) is 6.10 Å². The molecule has 1 aromatic carbocycles. The van der Waals surface area contributed by atoms with Crippen molar-refractivity contribution in [2.45, 2.75) is 32.4 Å². The number of ether oxygens (including phenoxy) is 1. The number of carbonyl (C=O) groups excluding carboxylic acids is 1. The number of carbonyl (C=O) groups is 1. The summed E-state index contributed by atoms with van der Waals surface area (Å²) in [7, 11) is 0. The maximum Gasteiger partial charge on any atom is 0.223 e. The van der Waals surface area contributed by atoms with Gasteiger partial charge in [-0.3, -0.25) is 9.48 Å². The van der Waals surface area contributed by atoms with E-state index in [1.54, 1.807) is 0 Å². The van der Waals surface area contributed by atoms with Crippen LogP contribution in [-0.4, -0.2) is 28.8 Å². The van der Waals surface area contributed by atoms with Gasteiger partial charge >= 0.3 is 0 Å². The lowest BCUT2D eigenvalue weighted by molar-refractivity contribution is -0.123. The van der Waals surface area contributed by atoms with Crippen LogP contribution in [0.3, 0.4) is 0 Å². The fourth-order valence-electron chi connectivity index (χ4n) is 3.35. The number of aromatic nitrogens is 2. The minimum atomic E-state index is -0.135. The van der Waals surface area contributed by atoms with Crippen molar-refractivity contribution in [1.29, 1.82) is 0 Å². The van der Waals surface area contributed by atoms with Crippen LogP contribution in [0.1, 0.15) is 36.3 Å². The maximum atomic E-state index is 12.0. The normalized spacial score (nSPS) is 25.1. The maximum absolute atomic E-state index is 12.0. The van der Waals surface area contributed by atoms with Crippen molar-refractivity contribution in [3.8, 4) is 0 Å². The van der Waals surface area contributed by atoms with E-state index in [2.05, 4.69) is 30.6 Å². The van der Waals surface area contributed by atoms with Crippen LogP contribution in [0.4, 0.5) is 0 Å². The Morgan fingerprint density at radius 3 is 2.92 bits per heavy atom. The average molecular weight is 325 g/mol. The number of rotatable bonds is 5. The SMILES string of the molecule is C[C@@H]1C[C@@H]1C(=O)NC[C@@H]1OCCc2cn(Cc3ccccc3)nc21. The van der Waals surface area contributed by atoms with E-state index in [1.165, 1.54) is 11.1 Å². The lowest BCUT2D eigenvalue weighted by Crippen LogP contribution is -2.33. The van der Waals surface area contributed by atoms with Gasteiger partial charge < -0.3 is 10.1 Å². The fraction of sp³-hybridized carbons (Fsp3) is 0.474. The fourth-order valence-corrected chi connectivity index (χ4v) is 3.35. The largest absolute Gasteiger partial charge is 0.370 e. The van der Waals surface area contributed by atoms with E-state index in [4.69, 9.17) is 9.84 Å². The van der Waals surface area contributed by atoms with E-state index in [1.807, 2.05) is 22.9 Å². The summed E-state index contributed by atoms with van der Waals surface area (Å²) in [5.41, 5.74) is 3.43. The summed E-state index contributed by atoms with van der Waals surface area (Å²) in [6, 6.07) is 10.3. The molecule has 2 aliphatic rings. The summed E-state index contributed by atoms with van der Waals surface area (Å²) < 4.78 is 7.83. The van der Waals surface area contributed by atoms with Crippen molar-refractivity contribution in [3.05, 3.63) is 53.3 Å². The molecule has 1 fully saturated rings. The lowest BCUT2D eigenvalue weighted by Gasteiger charge is -2.22. The van der Waals surface area contributed by atoms with Crippen LogP contribution in [0.2, 0.25) is 0 Å². The van der Waals surface area contributed by atoms with E-state index in [-0.39, 0.29) is 17.9 Å². The van der Waals surface area contributed by atoms with Crippen molar-refractivity contribution in [3.63, 3.8) is 0 Å². The Hall–Kier alpha value is -2.14. The van der Waals surface area contributed by atoms with Gasteiger partial charge in [0.15, 0.2) is 0 Å². The standard InChI is InChI=1S/C19H23N3O2/c1-13-9-16(13)19(23)20-10-17-18-15(7-8-24-17)12-22(21-18)11-14-5-3-2-4-6-14/h2-6,12-13,16-17H,7-11H2,1H3,(H,20,23)/t13-,16+,17+/m1/s1. The topological polar surface area (TPSA) is 56.1 Å². The number of hydrogen-bond acceptors (Lipinski definition) is 3. The van der Waals surface area contributed by atoms with Crippen LogP contribution < -0.4 is 5.32 Å². The first-order valence-electron chi connectivity index (χ1n) is 8.70. The summed E-state index contributed by atoms with van der Waals surface area (Å²) in [6.45, 7) is 4.07. The molecule has 126 valence electrons. The Morgan fingerprint density at radius 2 is 2.17 bits per heavy atom. The van der Waals surface area contributed by atoms with E-state index >= 15 is 0 Å². The van der Waals surface area contributed by atoms with Crippen molar-refractivity contribution in [1.82, 2.24) is 15.1 Å². The minimum Gasteiger partial charge on any atom is -0.370 e. The zero-order valence-electron chi connectivity index (χ0n) is 13.9. The Morgan fingerprint density at radius 1 is 1.38 bits per heavy atom. The predicted octanol–water partition coefficient (Wildman–Crippen LogP) is 2.32. The predicted molar refractivity (Wildman–Crippen MR) is 90.4 cm³/mol. The molecule has 1 saturated carbocycles. The number of fused-ring (bicyclic) bond motifs is 1. The molecular formula is C19H23N3O2. The molecular weight excluding hydrogens is 302 g/mol. The third-order valence-corrected chi connectivity index (χ3v) is 4.96. The van der Waals surface area contributed by atoms with Crippen molar-refractivity contribution >= 4 is 5.91 Å². The molecule has 24 heavy (non-hydrogen) atoms. The molecule has 5 heteroatoms. The van der Waals surface area contributed by atoms with Gasteiger partial charge in [0.2, 0.25) is 5.91 Å². The molecule has 4 rings (SSSR count). The molecule has 0 unspecified atom stereocenters. The molecule has 1 N–H and O–H groups in total. The van der Waals surface area contributed by atoms with Gasteiger partial charge in [-0.15, -0.1) is 0 Å². The third kappa shape index (κ3) is 3.22. The number of nitrogens with zero attached hydrogens (tertiary/aromatic N) is 2. The summed E-state index contributed by atoms with van der Waals surface area (Å²) in [6.07, 6.45) is 3.87. The number of hydrogen-bond donors (Lipinski definition) is 1. The monoisotopic (exact) mass is 325 g/mol. The smallest absolute Gasteiger partial charge is 0.223 e. The first-order chi connectivity index (χ1) is 11.7. The molecule has 2 aromatic rings. The highest BCUT2D eigenvalue weighted by atomic mass is 16.5. The van der Waals surface area contributed by atoms with Crippen LogP contribution in [0, 0.1) is 11.8 Å². The van der Waals surface area contributed by atoms with Crippen molar-refractivity contribution < 1.29 is 9.53 Å². The Balaban J connectivity index is 1.43. The van der Waals surface area contributed by atoms with Crippen LogP contribution in [-0.2, 0) is 22.5 Å². The van der Waals surface area contributed by atoms with Crippen LogP contribution in [0.5, 0.6) is 0 Å². The molecule has 0 bridgehead atoms. The zero-order valence-corrected chi connectivity index (χ0v) is 13.9. The van der Waals surface area contributed by atoms with Gasteiger partial charge in [-0.25, -0.2) is 0 Å². The van der Waals surface area contributed by atoms with Crippen LogP contribution in [0.25, 0.3) is 0 Å². The molecule has 5 nitrogen and oxygen atoms in total. The molecule has 0 spiro atoms. The second-order valence-corrected chi connectivity index (χ2v) is 6.90. The summed E-state index contributed by atoms with van der Waals surface area (Å²) in [5, 5.41) is 7.75. The van der Waals surface area contributed by atoms with Crippen molar-refractivity contribution in [2.24, 2.45) is 11.8 Å². The molecule has 2 heterocycles. The van der Waals surface area contributed by atoms with E-state index in [9.17, 15) is 4.79 Å². The highest BCUT2D eigenvalue weighted by Crippen LogP contribution is 2.37. The highest BCUT2D eigenvalue weighted by molar-refractivity contribution is 5.81. The highest BCUT2D eigenvalue weighted by Gasteiger charge is 2.39. The zero-order chi connectivity index (χ0) is 16.5. The van der Waals surface area contributed by atoms with Crippen molar-refractivity contribution in [2.75, 3.05) is 13.2 Å². The molecule has 1 aromatic heterocycles. The Kier molecular flexibility index (Phi) is 4.10. The quantitative estimate of drug-likeness (QED) is 0.918. The molecule has 0 saturated heterocycles. The van der Waals surface area contributed by atoms with Gasteiger partial charge in [-0.05, 0) is 29.9 Å². The van der Waals surface area contributed by atoms with Crippen LogP contribution >= 0.6 is 0 Å². The van der Waals surface area contributed by atoms with Gasteiger partial charge in [-0.1, -0.05) is 37.3 Å². The van der Waals surface area contributed by atoms with Gasteiger partial charge in [0, 0.05) is 18.7 Å². The Labute approximate surface area is 142 Å².